The van der Waals surface area contributed by atoms with Gasteiger partial charge in [0.2, 0.25) is 10.0 Å². The Morgan fingerprint density at radius 1 is 1.15 bits per heavy atom. The number of sulfonamides is 1. The monoisotopic (exact) mass is 383 g/mol. The third kappa shape index (κ3) is 3.57. The van der Waals surface area contributed by atoms with Crippen LogP contribution in [0.2, 0.25) is 0 Å². The van der Waals surface area contributed by atoms with Crippen molar-refractivity contribution in [2.24, 2.45) is 0 Å². The summed E-state index contributed by atoms with van der Waals surface area (Å²) < 4.78 is 44.0. The van der Waals surface area contributed by atoms with Crippen LogP contribution in [-0.4, -0.2) is 52.5 Å². The third-order valence-corrected chi connectivity index (χ3v) is 7.46. The minimum Gasteiger partial charge on any atom is -0.493 e. The summed E-state index contributed by atoms with van der Waals surface area (Å²) in [6, 6.07) is 3.97. The molecule has 2 aliphatic heterocycles. The van der Waals surface area contributed by atoms with Gasteiger partial charge in [0.25, 0.3) is 0 Å². The van der Waals surface area contributed by atoms with Crippen LogP contribution in [0.25, 0.3) is 0 Å². The van der Waals surface area contributed by atoms with E-state index >= 15 is 0 Å². The van der Waals surface area contributed by atoms with Crippen molar-refractivity contribution >= 4 is 10.0 Å². The zero-order valence-electron chi connectivity index (χ0n) is 15.9. The van der Waals surface area contributed by atoms with Gasteiger partial charge in [-0.2, -0.15) is 4.31 Å². The Hall–Kier alpha value is -1.31. The first-order chi connectivity index (χ1) is 12.5. The Labute approximate surface area is 156 Å². The van der Waals surface area contributed by atoms with Gasteiger partial charge in [0.15, 0.2) is 11.5 Å². The average molecular weight is 384 g/mol. The van der Waals surface area contributed by atoms with E-state index in [1.165, 1.54) is 5.56 Å². The highest BCUT2D eigenvalue weighted by Gasteiger charge is 2.44. The molecule has 1 aromatic carbocycles. The SMILES string of the molecule is CCCCS(=O)(=O)N1Cc2cc(OC)c(OC)cc2C2(CCOCC2)C1. The number of rotatable bonds is 6. The number of hydrogen-bond donors (Lipinski definition) is 0. The molecule has 0 bridgehead atoms. The number of nitrogens with zero attached hydrogens (tertiary/aromatic N) is 1. The molecular formula is C19H29NO5S. The summed E-state index contributed by atoms with van der Waals surface area (Å²) in [6.45, 7) is 4.22. The summed E-state index contributed by atoms with van der Waals surface area (Å²) >= 11 is 0. The van der Waals surface area contributed by atoms with Crippen LogP contribution in [0.3, 0.4) is 0 Å². The number of hydrogen-bond acceptors (Lipinski definition) is 5. The van der Waals surface area contributed by atoms with Crippen molar-refractivity contribution in [2.75, 3.05) is 39.7 Å². The fourth-order valence-corrected chi connectivity index (χ4v) is 5.75. The lowest BCUT2D eigenvalue weighted by Crippen LogP contribution is -2.51. The van der Waals surface area contributed by atoms with Crippen LogP contribution >= 0.6 is 0 Å². The van der Waals surface area contributed by atoms with Gasteiger partial charge in [0, 0.05) is 31.7 Å². The summed E-state index contributed by atoms with van der Waals surface area (Å²) in [5, 5.41) is 0. The molecule has 6 nitrogen and oxygen atoms in total. The van der Waals surface area contributed by atoms with Gasteiger partial charge in [-0.25, -0.2) is 8.42 Å². The van der Waals surface area contributed by atoms with Crippen LogP contribution in [0.4, 0.5) is 0 Å². The van der Waals surface area contributed by atoms with E-state index in [0.717, 1.165) is 24.8 Å². The molecule has 0 radical (unpaired) electrons. The molecule has 1 spiro atoms. The van der Waals surface area contributed by atoms with Crippen molar-refractivity contribution in [3.63, 3.8) is 0 Å². The van der Waals surface area contributed by atoms with Crippen molar-refractivity contribution < 1.29 is 22.6 Å². The molecule has 1 saturated heterocycles. The summed E-state index contributed by atoms with van der Waals surface area (Å²) in [5.74, 6) is 1.54. The van der Waals surface area contributed by atoms with Gasteiger partial charge in [0.1, 0.15) is 0 Å². The van der Waals surface area contributed by atoms with Gasteiger partial charge in [-0.15, -0.1) is 0 Å². The highest BCUT2D eigenvalue weighted by atomic mass is 32.2. The number of benzene rings is 1. The standard InChI is InChI=1S/C19H29NO5S/c1-4-5-10-26(21,22)20-13-15-11-17(23-2)18(24-3)12-16(15)19(14-20)6-8-25-9-7-19/h11-12H,4-10,13-14H2,1-3H3. The van der Waals surface area contributed by atoms with Crippen LogP contribution in [0.5, 0.6) is 11.5 Å². The van der Waals surface area contributed by atoms with Crippen LogP contribution in [0.1, 0.15) is 43.7 Å². The minimum atomic E-state index is -3.28. The molecule has 26 heavy (non-hydrogen) atoms. The largest absolute Gasteiger partial charge is 0.493 e. The maximum atomic E-state index is 12.9. The van der Waals surface area contributed by atoms with Crippen molar-refractivity contribution in [2.45, 2.75) is 44.6 Å². The van der Waals surface area contributed by atoms with Crippen molar-refractivity contribution in [1.29, 1.82) is 0 Å². The van der Waals surface area contributed by atoms with Crippen molar-refractivity contribution in [1.82, 2.24) is 4.31 Å². The third-order valence-electron chi connectivity index (χ3n) is 5.61. The first kappa shape index (κ1) is 19.5. The van der Waals surface area contributed by atoms with Crippen LogP contribution in [0.15, 0.2) is 12.1 Å². The minimum absolute atomic E-state index is 0.207. The molecular weight excluding hydrogens is 354 g/mol. The van der Waals surface area contributed by atoms with Gasteiger partial charge >= 0.3 is 0 Å². The van der Waals surface area contributed by atoms with E-state index in [1.807, 2.05) is 19.1 Å². The van der Waals surface area contributed by atoms with Gasteiger partial charge in [-0.05, 0) is 42.5 Å². The average Bonchev–Trinajstić information content (AvgIpc) is 2.66. The Balaban J connectivity index is 2.05. The van der Waals surface area contributed by atoms with Crippen LogP contribution in [-0.2, 0) is 26.7 Å². The first-order valence-corrected chi connectivity index (χ1v) is 10.9. The van der Waals surface area contributed by atoms with Gasteiger partial charge in [-0.3, -0.25) is 0 Å². The number of fused-ring (bicyclic) bond motifs is 2. The molecule has 0 amide bonds. The summed E-state index contributed by atoms with van der Waals surface area (Å²) in [7, 11) is -0.0439. The molecule has 0 saturated carbocycles. The highest BCUT2D eigenvalue weighted by Crippen LogP contribution is 2.45. The lowest BCUT2D eigenvalue weighted by Gasteiger charge is -2.46. The second-order valence-electron chi connectivity index (χ2n) is 7.19. The van der Waals surface area contributed by atoms with Gasteiger partial charge < -0.3 is 14.2 Å². The molecule has 0 atom stereocenters. The maximum Gasteiger partial charge on any atom is 0.214 e. The molecule has 0 aliphatic carbocycles. The van der Waals surface area contributed by atoms with E-state index in [9.17, 15) is 8.42 Å². The van der Waals surface area contributed by atoms with E-state index in [4.69, 9.17) is 14.2 Å². The molecule has 146 valence electrons. The van der Waals surface area contributed by atoms with E-state index in [0.29, 0.717) is 44.2 Å². The van der Waals surface area contributed by atoms with Crippen molar-refractivity contribution in [3.8, 4) is 11.5 Å². The van der Waals surface area contributed by atoms with E-state index < -0.39 is 10.0 Å². The topological polar surface area (TPSA) is 65.1 Å². The maximum absolute atomic E-state index is 12.9. The second kappa shape index (κ2) is 7.74. The predicted molar refractivity (Wildman–Crippen MR) is 100 cm³/mol. The fraction of sp³-hybridized carbons (Fsp3) is 0.684. The Bertz CT molecular complexity index is 741. The Morgan fingerprint density at radius 2 is 1.81 bits per heavy atom. The normalized spacial score (nSPS) is 20.0. The van der Waals surface area contributed by atoms with Crippen molar-refractivity contribution in [3.05, 3.63) is 23.3 Å². The number of ether oxygens (including phenoxy) is 3. The predicted octanol–water partition coefficient (Wildman–Crippen LogP) is 2.70. The molecule has 1 fully saturated rings. The zero-order chi connectivity index (χ0) is 18.8. The molecule has 0 aromatic heterocycles. The highest BCUT2D eigenvalue weighted by molar-refractivity contribution is 7.89. The smallest absolute Gasteiger partial charge is 0.214 e. The second-order valence-corrected chi connectivity index (χ2v) is 9.28. The van der Waals surface area contributed by atoms with Gasteiger partial charge in [-0.1, -0.05) is 13.3 Å². The van der Waals surface area contributed by atoms with E-state index in [1.54, 1.807) is 18.5 Å². The molecule has 7 heteroatoms. The van der Waals surface area contributed by atoms with E-state index in [-0.39, 0.29) is 11.2 Å². The summed E-state index contributed by atoms with van der Waals surface area (Å²) in [5.41, 5.74) is 1.97. The molecule has 1 aromatic rings. The quantitative estimate of drug-likeness (QED) is 0.756. The molecule has 2 aliphatic rings. The lowest BCUT2D eigenvalue weighted by molar-refractivity contribution is 0.0378. The Kier molecular flexibility index (Phi) is 5.79. The van der Waals surface area contributed by atoms with E-state index in [2.05, 4.69) is 0 Å². The molecule has 0 N–H and O–H groups in total. The molecule has 3 rings (SSSR count). The van der Waals surface area contributed by atoms with Crippen LogP contribution in [0, 0.1) is 0 Å². The molecule has 2 heterocycles. The zero-order valence-corrected chi connectivity index (χ0v) is 16.7. The lowest BCUT2D eigenvalue weighted by atomic mass is 9.70. The summed E-state index contributed by atoms with van der Waals surface area (Å²) in [6.07, 6.45) is 3.19. The number of methoxy groups -OCH3 is 2. The Morgan fingerprint density at radius 3 is 2.42 bits per heavy atom. The number of unbranched alkanes of at least 4 members (excludes halogenated alkanes) is 1. The first-order valence-electron chi connectivity index (χ1n) is 9.27. The van der Waals surface area contributed by atoms with Gasteiger partial charge in [0.05, 0.1) is 20.0 Å². The van der Waals surface area contributed by atoms with Crippen LogP contribution < -0.4 is 9.47 Å². The molecule has 0 unspecified atom stereocenters. The fourth-order valence-electron chi connectivity index (χ4n) is 4.06. The summed E-state index contributed by atoms with van der Waals surface area (Å²) in [4.78, 5) is 0.